The van der Waals surface area contributed by atoms with Crippen LogP contribution in [0.1, 0.15) is 5.69 Å². The van der Waals surface area contributed by atoms with Gasteiger partial charge in [-0.05, 0) is 35.9 Å². The van der Waals surface area contributed by atoms with E-state index in [1.54, 1.807) is 36.8 Å². The van der Waals surface area contributed by atoms with Crippen LogP contribution in [0.15, 0.2) is 72.4 Å². The van der Waals surface area contributed by atoms with Crippen LogP contribution in [0.4, 0.5) is 27.5 Å². The second-order valence-corrected chi connectivity index (χ2v) is 7.94. The molecule has 11 heteroatoms. The molecule has 0 radical (unpaired) electrons. The second-order valence-electron chi connectivity index (χ2n) is 7.94. The van der Waals surface area contributed by atoms with Crippen molar-refractivity contribution in [1.82, 2.24) is 19.9 Å². The first kappa shape index (κ1) is 23.1. The Balaban J connectivity index is 1.22. The fraction of sp³-hybridized carbons (Fsp3) is 0.160. The van der Waals surface area contributed by atoms with Crippen LogP contribution >= 0.6 is 0 Å². The molecule has 4 aromatic rings. The first-order valence-electron chi connectivity index (χ1n) is 11.3. The van der Waals surface area contributed by atoms with Crippen molar-refractivity contribution in [3.05, 3.63) is 78.8 Å². The van der Waals surface area contributed by atoms with Gasteiger partial charge in [0.2, 0.25) is 5.95 Å². The minimum atomic E-state index is -0.490. The van der Waals surface area contributed by atoms with Crippen molar-refractivity contribution >= 4 is 29.4 Å². The fourth-order valence-corrected chi connectivity index (χ4v) is 3.67. The summed E-state index contributed by atoms with van der Waals surface area (Å²) in [5.74, 6) is 0.0517. The molecule has 0 saturated carbocycles. The molecule has 1 fully saturated rings. The van der Waals surface area contributed by atoms with Crippen molar-refractivity contribution in [2.24, 2.45) is 5.10 Å². The number of nitrogens with one attached hydrogen (secondary N) is 2. The number of ether oxygens (including phenoxy) is 1. The number of nitrogens with zero attached hydrogens (tertiary/aromatic N) is 6. The van der Waals surface area contributed by atoms with Gasteiger partial charge in [-0.1, -0.05) is 6.07 Å². The van der Waals surface area contributed by atoms with Gasteiger partial charge < -0.3 is 20.1 Å². The van der Waals surface area contributed by atoms with Crippen LogP contribution in [-0.2, 0) is 4.74 Å². The summed E-state index contributed by atoms with van der Waals surface area (Å²) >= 11 is 0. The van der Waals surface area contributed by atoms with Crippen molar-refractivity contribution < 1.29 is 14.2 Å². The number of aromatic nitrogens is 4. The summed E-state index contributed by atoms with van der Waals surface area (Å²) in [6.45, 7) is 2.18. The van der Waals surface area contributed by atoms with Crippen molar-refractivity contribution in [3.8, 4) is 16.9 Å². The average Bonchev–Trinajstić information content (AvgIpc) is 2.91. The number of phenols is 1. The molecule has 5 rings (SSSR count). The Labute approximate surface area is 206 Å². The zero-order valence-corrected chi connectivity index (χ0v) is 19.2. The molecule has 10 nitrogen and oxygen atoms in total. The third-order valence-corrected chi connectivity index (χ3v) is 5.39. The Morgan fingerprint density at radius 3 is 2.67 bits per heavy atom. The van der Waals surface area contributed by atoms with E-state index in [-0.39, 0.29) is 17.5 Å². The number of morpholine rings is 1. The van der Waals surface area contributed by atoms with Gasteiger partial charge in [0.25, 0.3) is 0 Å². The summed E-state index contributed by atoms with van der Waals surface area (Å²) in [6.07, 6.45) is 7.73. The summed E-state index contributed by atoms with van der Waals surface area (Å²) < 4.78 is 19.5. The minimum absolute atomic E-state index is 0.140. The van der Waals surface area contributed by atoms with Crippen LogP contribution < -0.4 is 15.6 Å². The zero-order chi connectivity index (χ0) is 24.7. The normalized spacial score (nSPS) is 13.6. The minimum Gasteiger partial charge on any atom is -0.508 e. The number of rotatable bonds is 7. The second kappa shape index (κ2) is 10.7. The van der Waals surface area contributed by atoms with Crippen LogP contribution in [-0.4, -0.2) is 57.6 Å². The standard InChI is InChI=1S/C25H23FN8O2/c26-23-16-29-25(32-24(23)34-6-8-36-9-7-34)33-30-15-19-3-4-20(14-28-19)31-21-10-18(11-22(35)12-21)17-2-1-5-27-13-17/h1-5,10-16,31,35H,6-9H2,(H,29,32,33)/b30-15+. The van der Waals surface area contributed by atoms with Gasteiger partial charge in [-0.3, -0.25) is 9.97 Å². The smallest absolute Gasteiger partial charge is 0.245 e. The number of anilines is 4. The third kappa shape index (κ3) is 5.70. The maximum Gasteiger partial charge on any atom is 0.245 e. The van der Waals surface area contributed by atoms with Crippen LogP contribution in [0.2, 0.25) is 0 Å². The van der Waals surface area contributed by atoms with E-state index in [9.17, 15) is 9.50 Å². The molecule has 1 aliphatic heterocycles. The molecule has 0 bridgehead atoms. The zero-order valence-electron chi connectivity index (χ0n) is 19.2. The van der Waals surface area contributed by atoms with E-state index in [4.69, 9.17) is 4.74 Å². The van der Waals surface area contributed by atoms with Gasteiger partial charge in [-0.2, -0.15) is 10.1 Å². The van der Waals surface area contributed by atoms with Gasteiger partial charge in [0, 0.05) is 42.8 Å². The number of hydrogen-bond acceptors (Lipinski definition) is 10. The molecule has 0 spiro atoms. The molecule has 0 aliphatic carbocycles. The molecular formula is C25H23FN8O2. The highest BCUT2D eigenvalue weighted by molar-refractivity contribution is 5.78. The van der Waals surface area contributed by atoms with Crippen molar-refractivity contribution in [1.29, 1.82) is 0 Å². The van der Waals surface area contributed by atoms with E-state index in [1.165, 1.54) is 6.21 Å². The van der Waals surface area contributed by atoms with E-state index >= 15 is 0 Å². The first-order chi connectivity index (χ1) is 17.6. The van der Waals surface area contributed by atoms with Crippen molar-refractivity contribution in [2.45, 2.75) is 0 Å². The molecule has 1 aliphatic rings. The molecule has 0 amide bonds. The van der Waals surface area contributed by atoms with E-state index in [1.807, 2.05) is 29.2 Å². The van der Waals surface area contributed by atoms with Crippen molar-refractivity contribution in [3.63, 3.8) is 0 Å². The highest BCUT2D eigenvalue weighted by Crippen LogP contribution is 2.29. The molecule has 1 saturated heterocycles. The molecule has 0 unspecified atom stereocenters. The Kier molecular flexibility index (Phi) is 6.90. The van der Waals surface area contributed by atoms with Crippen LogP contribution in [0.5, 0.6) is 5.75 Å². The van der Waals surface area contributed by atoms with Crippen LogP contribution in [0.25, 0.3) is 11.1 Å². The van der Waals surface area contributed by atoms with Gasteiger partial charge in [-0.15, -0.1) is 0 Å². The van der Waals surface area contributed by atoms with Crippen molar-refractivity contribution in [2.75, 3.05) is 41.9 Å². The van der Waals surface area contributed by atoms with E-state index in [0.717, 1.165) is 23.0 Å². The molecule has 36 heavy (non-hydrogen) atoms. The van der Waals surface area contributed by atoms with Gasteiger partial charge in [-0.25, -0.2) is 14.8 Å². The van der Waals surface area contributed by atoms with Gasteiger partial charge >= 0.3 is 0 Å². The van der Waals surface area contributed by atoms with Gasteiger partial charge in [0.1, 0.15) is 5.75 Å². The van der Waals surface area contributed by atoms with E-state index < -0.39 is 5.82 Å². The Bertz CT molecular complexity index is 1350. The maximum atomic E-state index is 14.2. The lowest BCUT2D eigenvalue weighted by molar-refractivity contribution is 0.122. The maximum absolute atomic E-state index is 14.2. The van der Waals surface area contributed by atoms with Crippen LogP contribution in [0.3, 0.4) is 0 Å². The fourth-order valence-electron chi connectivity index (χ4n) is 3.67. The number of hydrazone groups is 1. The van der Waals surface area contributed by atoms with E-state index in [2.05, 4.69) is 35.8 Å². The number of aromatic hydroxyl groups is 1. The Morgan fingerprint density at radius 2 is 1.89 bits per heavy atom. The first-order valence-corrected chi connectivity index (χ1v) is 11.3. The highest BCUT2D eigenvalue weighted by atomic mass is 19.1. The topological polar surface area (TPSA) is 121 Å². The largest absolute Gasteiger partial charge is 0.508 e. The van der Waals surface area contributed by atoms with Gasteiger partial charge in [0.05, 0.1) is 43.2 Å². The van der Waals surface area contributed by atoms with Gasteiger partial charge in [0.15, 0.2) is 11.6 Å². The Hall–Kier alpha value is -4.64. The third-order valence-electron chi connectivity index (χ3n) is 5.39. The van der Waals surface area contributed by atoms with E-state index in [0.29, 0.717) is 37.7 Å². The molecule has 1 aromatic carbocycles. The molecule has 182 valence electrons. The summed E-state index contributed by atoms with van der Waals surface area (Å²) in [4.78, 5) is 18.5. The SMILES string of the molecule is Oc1cc(Nc2ccc(/C=N/Nc3ncc(F)c(N4CCOCC4)n3)nc2)cc(-c2cccnc2)c1. The lowest BCUT2D eigenvalue weighted by atomic mass is 10.1. The molecule has 0 atom stereocenters. The predicted octanol–water partition coefficient (Wildman–Crippen LogP) is 3.80. The summed E-state index contributed by atoms with van der Waals surface area (Å²) in [7, 11) is 0. The number of halogens is 1. The number of benzene rings is 1. The number of pyridine rings is 2. The molecular weight excluding hydrogens is 463 g/mol. The molecule has 3 aromatic heterocycles. The summed E-state index contributed by atoms with van der Waals surface area (Å²) in [6, 6.07) is 12.6. The summed E-state index contributed by atoms with van der Waals surface area (Å²) in [5.41, 5.74) is 6.50. The monoisotopic (exact) mass is 486 g/mol. The molecule has 3 N–H and O–H groups in total. The lowest BCUT2D eigenvalue weighted by Crippen LogP contribution is -2.37. The number of hydrogen-bond donors (Lipinski definition) is 3. The lowest BCUT2D eigenvalue weighted by Gasteiger charge is -2.27. The Morgan fingerprint density at radius 1 is 1.00 bits per heavy atom. The quantitative estimate of drug-likeness (QED) is 0.265. The van der Waals surface area contributed by atoms with Crippen LogP contribution in [0, 0.1) is 5.82 Å². The average molecular weight is 487 g/mol. The summed E-state index contributed by atoms with van der Waals surface area (Å²) in [5, 5.41) is 17.5. The highest BCUT2D eigenvalue weighted by Gasteiger charge is 2.17. The molecule has 4 heterocycles. The number of phenolic OH excluding ortho intramolecular Hbond substituents is 1. The predicted molar refractivity (Wildman–Crippen MR) is 135 cm³/mol.